The summed E-state index contributed by atoms with van der Waals surface area (Å²) in [6.45, 7) is 2.50. The molecule has 0 radical (unpaired) electrons. The number of morpholine rings is 1. The average Bonchev–Trinajstić information content (AvgIpc) is 3.33. The van der Waals surface area contributed by atoms with Crippen LogP contribution in [0.15, 0.2) is 42.7 Å². The van der Waals surface area contributed by atoms with E-state index in [1.54, 1.807) is 6.20 Å². The number of aromatic nitrogens is 2. The Bertz CT molecular complexity index is 697. The standard InChI is InChI=1S/C18H22N4O2/c23-18(21-9-10-24-13-17(21)15-5-6-15)19-12-14-3-1-4-16(11-14)22-8-2-7-20-22/h1-4,7-8,11,15,17H,5-6,9-10,12-13H2,(H,19,23)/t17-/m1/s1. The van der Waals surface area contributed by atoms with Crippen LogP contribution in [0.5, 0.6) is 0 Å². The Balaban J connectivity index is 1.39. The summed E-state index contributed by atoms with van der Waals surface area (Å²) in [7, 11) is 0. The molecule has 1 aliphatic heterocycles. The van der Waals surface area contributed by atoms with Crippen LogP contribution < -0.4 is 5.32 Å². The number of benzene rings is 1. The molecule has 1 N–H and O–H groups in total. The minimum Gasteiger partial charge on any atom is -0.377 e. The predicted octanol–water partition coefficient (Wildman–Crippen LogP) is 2.19. The number of urea groups is 1. The Morgan fingerprint density at radius 2 is 2.25 bits per heavy atom. The third-order valence-electron chi connectivity index (χ3n) is 4.72. The maximum absolute atomic E-state index is 12.6. The number of nitrogens with one attached hydrogen (secondary N) is 1. The molecule has 126 valence electrons. The number of ether oxygens (including phenoxy) is 1. The van der Waals surface area contributed by atoms with Gasteiger partial charge in [-0.15, -0.1) is 0 Å². The summed E-state index contributed by atoms with van der Waals surface area (Å²) in [6.07, 6.45) is 6.09. The largest absolute Gasteiger partial charge is 0.377 e. The Morgan fingerprint density at radius 1 is 1.33 bits per heavy atom. The molecular formula is C18H22N4O2. The summed E-state index contributed by atoms with van der Waals surface area (Å²) in [5, 5.41) is 7.30. The fourth-order valence-corrected chi connectivity index (χ4v) is 3.26. The highest BCUT2D eigenvalue weighted by Gasteiger charge is 2.39. The fourth-order valence-electron chi connectivity index (χ4n) is 3.26. The lowest BCUT2D eigenvalue weighted by molar-refractivity contribution is 0.00463. The lowest BCUT2D eigenvalue weighted by atomic mass is 10.1. The molecule has 2 amide bonds. The molecule has 1 atom stereocenters. The molecule has 2 fully saturated rings. The molecule has 0 spiro atoms. The van der Waals surface area contributed by atoms with Crippen LogP contribution in [0.1, 0.15) is 18.4 Å². The molecule has 6 heteroatoms. The van der Waals surface area contributed by atoms with E-state index in [9.17, 15) is 4.79 Å². The molecule has 1 aromatic heterocycles. The van der Waals surface area contributed by atoms with Crippen LogP contribution >= 0.6 is 0 Å². The maximum Gasteiger partial charge on any atom is 0.318 e. The van der Waals surface area contributed by atoms with Gasteiger partial charge in [0.05, 0.1) is 24.9 Å². The van der Waals surface area contributed by atoms with Crippen LogP contribution in [0, 0.1) is 5.92 Å². The van der Waals surface area contributed by atoms with Crippen LogP contribution in [0.25, 0.3) is 5.69 Å². The van der Waals surface area contributed by atoms with Gasteiger partial charge in [-0.2, -0.15) is 5.10 Å². The van der Waals surface area contributed by atoms with Gasteiger partial charge in [0.25, 0.3) is 0 Å². The first-order chi connectivity index (χ1) is 11.8. The summed E-state index contributed by atoms with van der Waals surface area (Å²) in [6, 6.07) is 10.2. The summed E-state index contributed by atoms with van der Waals surface area (Å²) in [4.78, 5) is 14.5. The van der Waals surface area contributed by atoms with E-state index in [1.165, 1.54) is 12.8 Å². The number of rotatable bonds is 4. The van der Waals surface area contributed by atoms with Gasteiger partial charge in [0, 0.05) is 25.5 Å². The maximum atomic E-state index is 12.6. The first kappa shape index (κ1) is 15.2. The normalized spacial score (nSPS) is 20.8. The topological polar surface area (TPSA) is 59.4 Å². The highest BCUT2D eigenvalue weighted by atomic mass is 16.5. The predicted molar refractivity (Wildman–Crippen MR) is 89.8 cm³/mol. The highest BCUT2D eigenvalue weighted by Crippen LogP contribution is 2.36. The SMILES string of the molecule is O=C(NCc1cccc(-n2cccn2)c1)N1CCOC[C@@H]1C1CC1. The number of carbonyl (C=O) groups excluding carboxylic acids is 1. The molecule has 2 aliphatic rings. The zero-order chi connectivity index (χ0) is 16.4. The zero-order valence-corrected chi connectivity index (χ0v) is 13.6. The van der Waals surface area contributed by atoms with Gasteiger partial charge in [-0.1, -0.05) is 12.1 Å². The van der Waals surface area contributed by atoms with Crippen molar-refractivity contribution >= 4 is 6.03 Å². The minimum atomic E-state index is 0.0136. The fraction of sp³-hybridized carbons (Fsp3) is 0.444. The van der Waals surface area contributed by atoms with Crippen LogP contribution in [0.2, 0.25) is 0 Å². The highest BCUT2D eigenvalue weighted by molar-refractivity contribution is 5.74. The van der Waals surface area contributed by atoms with Crippen molar-refractivity contribution in [1.29, 1.82) is 0 Å². The van der Waals surface area contributed by atoms with Crippen molar-refractivity contribution in [2.75, 3.05) is 19.8 Å². The van der Waals surface area contributed by atoms with E-state index in [4.69, 9.17) is 4.74 Å². The van der Waals surface area contributed by atoms with Crippen molar-refractivity contribution in [2.45, 2.75) is 25.4 Å². The molecule has 24 heavy (non-hydrogen) atoms. The van der Waals surface area contributed by atoms with Crippen LogP contribution in [-0.2, 0) is 11.3 Å². The summed E-state index contributed by atoms with van der Waals surface area (Å²) < 4.78 is 7.37. The van der Waals surface area contributed by atoms with E-state index in [-0.39, 0.29) is 12.1 Å². The van der Waals surface area contributed by atoms with Gasteiger partial charge in [0.15, 0.2) is 0 Å². The Morgan fingerprint density at radius 3 is 3.04 bits per heavy atom. The van der Waals surface area contributed by atoms with Gasteiger partial charge in [-0.05, 0) is 42.5 Å². The van der Waals surface area contributed by atoms with Crippen molar-refractivity contribution < 1.29 is 9.53 Å². The van der Waals surface area contributed by atoms with Crippen molar-refractivity contribution in [3.8, 4) is 5.69 Å². The summed E-state index contributed by atoms with van der Waals surface area (Å²) in [5.74, 6) is 0.624. The molecular weight excluding hydrogens is 304 g/mol. The van der Waals surface area contributed by atoms with E-state index in [0.29, 0.717) is 32.2 Å². The average molecular weight is 326 g/mol. The van der Waals surface area contributed by atoms with E-state index >= 15 is 0 Å². The molecule has 2 heterocycles. The number of hydrogen-bond donors (Lipinski definition) is 1. The monoisotopic (exact) mass is 326 g/mol. The minimum absolute atomic E-state index is 0.0136. The van der Waals surface area contributed by atoms with E-state index in [0.717, 1.165) is 11.3 Å². The van der Waals surface area contributed by atoms with Crippen LogP contribution in [0.4, 0.5) is 4.79 Å². The van der Waals surface area contributed by atoms with Gasteiger partial charge in [0.2, 0.25) is 0 Å². The molecule has 0 unspecified atom stereocenters. The third kappa shape index (κ3) is 3.28. The molecule has 0 bridgehead atoms. The lowest BCUT2D eigenvalue weighted by Gasteiger charge is -2.35. The van der Waals surface area contributed by atoms with Gasteiger partial charge in [0.1, 0.15) is 0 Å². The van der Waals surface area contributed by atoms with Crippen LogP contribution in [-0.4, -0.2) is 46.5 Å². The Hall–Kier alpha value is -2.34. The number of amides is 2. The first-order valence-electron chi connectivity index (χ1n) is 8.52. The summed E-state index contributed by atoms with van der Waals surface area (Å²) >= 11 is 0. The number of carbonyl (C=O) groups is 1. The van der Waals surface area contributed by atoms with E-state index in [1.807, 2.05) is 46.1 Å². The number of nitrogens with zero attached hydrogens (tertiary/aromatic N) is 3. The molecule has 6 nitrogen and oxygen atoms in total. The van der Waals surface area contributed by atoms with Gasteiger partial charge in [-0.25, -0.2) is 9.48 Å². The smallest absolute Gasteiger partial charge is 0.318 e. The van der Waals surface area contributed by atoms with Gasteiger partial charge >= 0.3 is 6.03 Å². The van der Waals surface area contributed by atoms with Crippen molar-refractivity contribution in [3.05, 3.63) is 48.3 Å². The first-order valence-corrected chi connectivity index (χ1v) is 8.52. The quantitative estimate of drug-likeness (QED) is 0.937. The summed E-state index contributed by atoms with van der Waals surface area (Å²) in [5.41, 5.74) is 2.06. The van der Waals surface area contributed by atoms with Crippen molar-refractivity contribution in [1.82, 2.24) is 20.0 Å². The van der Waals surface area contributed by atoms with Crippen LogP contribution in [0.3, 0.4) is 0 Å². The molecule has 1 aliphatic carbocycles. The molecule has 1 saturated carbocycles. The van der Waals surface area contributed by atoms with Crippen molar-refractivity contribution in [3.63, 3.8) is 0 Å². The van der Waals surface area contributed by atoms with Gasteiger partial charge < -0.3 is 15.0 Å². The Labute approximate surface area is 141 Å². The molecule has 4 rings (SSSR count). The lowest BCUT2D eigenvalue weighted by Crippen LogP contribution is -2.53. The van der Waals surface area contributed by atoms with E-state index in [2.05, 4.69) is 10.4 Å². The van der Waals surface area contributed by atoms with Gasteiger partial charge in [-0.3, -0.25) is 0 Å². The Kier molecular flexibility index (Phi) is 4.21. The molecule has 1 aromatic carbocycles. The second kappa shape index (κ2) is 6.65. The van der Waals surface area contributed by atoms with E-state index < -0.39 is 0 Å². The van der Waals surface area contributed by atoms with Crippen molar-refractivity contribution in [2.24, 2.45) is 5.92 Å². The molecule has 1 saturated heterocycles. The zero-order valence-electron chi connectivity index (χ0n) is 13.6. The second-order valence-corrected chi connectivity index (χ2v) is 6.45. The number of hydrogen-bond acceptors (Lipinski definition) is 3. The third-order valence-corrected chi connectivity index (χ3v) is 4.72. The second-order valence-electron chi connectivity index (χ2n) is 6.45. The molecule has 2 aromatic rings.